The highest BCUT2D eigenvalue weighted by molar-refractivity contribution is 7.09. The lowest BCUT2D eigenvalue weighted by Gasteiger charge is -2.33. The SMILES string of the molecule is Cl.Cl.NCc1nc(C(=O)NCC2CN(Cc3ccccc3)CCO2)cs1. The fourth-order valence-electron chi connectivity index (χ4n) is 2.70. The molecule has 3 rings (SSSR count). The molecule has 26 heavy (non-hydrogen) atoms. The quantitative estimate of drug-likeness (QED) is 0.750. The summed E-state index contributed by atoms with van der Waals surface area (Å²) < 4.78 is 5.76. The molecule has 6 nitrogen and oxygen atoms in total. The molecule has 9 heteroatoms. The summed E-state index contributed by atoms with van der Waals surface area (Å²) in [5, 5.41) is 5.41. The van der Waals surface area contributed by atoms with Crippen molar-refractivity contribution < 1.29 is 9.53 Å². The third-order valence-corrected chi connectivity index (χ3v) is 4.79. The van der Waals surface area contributed by atoms with E-state index in [9.17, 15) is 4.79 Å². The molecule has 1 amide bonds. The first kappa shape index (κ1) is 22.8. The standard InChI is InChI=1S/C17H22N4O2S.2ClH/c18-8-16-20-15(12-24-16)17(22)19-9-14-11-21(6-7-23-14)10-13-4-2-1-3-5-13;;/h1-5,12,14H,6-11,18H2,(H,19,22);2*1H. The Bertz CT molecular complexity index is 672. The van der Waals surface area contributed by atoms with Gasteiger partial charge >= 0.3 is 0 Å². The summed E-state index contributed by atoms with van der Waals surface area (Å²) >= 11 is 1.40. The number of hydrogen-bond acceptors (Lipinski definition) is 6. The van der Waals surface area contributed by atoms with Gasteiger partial charge in [0.15, 0.2) is 0 Å². The van der Waals surface area contributed by atoms with E-state index in [0.29, 0.717) is 25.4 Å². The lowest BCUT2D eigenvalue weighted by atomic mass is 10.2. The molecular formula is C17H24Cl2N4O2S. The Kier molecular flexibility index (Phi) is 10.1. The van der Waals surface area contributed by atoms with E-state index in [1.54, 1.807) is 5.38 Å². The van der Waals surface area contributed by atoms with Gasteiger partial charge in [0.2, 0.25) is 0 Å². The van der Waals surface area contributed by atoms with Gasteiger partial charge in [-0.1, -0.05) is 30.3 Å². The molecule has 0 spiro atoms. The number of carbonyl (C=O) groups is 1. The Labute approximate surface area is 169 Å². The van der Waals surface area contributed by atoms with Gasteiger partial charge in [-0.3, -0.25) is 9.69 Å². The lowest BCUT2D eigenvalue weighted by molar-refractivity contribution is -0.0292. The number of nitrogens with one attached hydrogen (secondary N) is 1. The van der Waals surface area contributed by atoms with Crippen LogP contribution in [-0.4, -0.2) is 48.1 Å². The average Bonchev–Trinajstić information content (AvgIpc) is 3.10. The van der Waals surface area contributed by atoms with Crippen LogP contribution >= 0.6 is 36.2 Å². The summed E-state index contributed by atoms with van der Waals surface area (Å²) in [5.41, 5.74) is 7.24. The molecular weight excluding hydrogens is 395 g/mol. The highest BCUT2D eigenvalue weighted by Crippen LogP contribution is 2.11. The van der Waals surface area contributed by atoms with Gasteiger partial charge in [0.05, 0.1) is 12.7 Å². The summed E-state index contributed by atoms with van der Waals surface area (Å²) in [6, 6.07) is 10.4. The van der Waals surface area contributed by atoms with E-state index in [2.05, 4.69) is 39.5 Å². The Morgan fingerprint density at radius 3 is 2.81 bits per heavy atom. The van der Waals surface area contributed by atoms with Gasteiger partial charge < -0.3 is 15.8 Å². The van der Waals surface area contributed by atoms with Crippen molar-refractivity contribution in [2.75, 3.05) is 26.2 Å². The lowest BCUT2D eigenvalue weighted by Crippen LogP contribution is -2.47. The number of thiazole rings is 1. The van der Waals surface area contributed by atoms with Crippen molar-refractivity contribution in [1.82, 2.24) is 15.2 Å². The molecule has 3 N–H and O–H groups in total. The molecule has 1 atom stereocenters. The van der Waals surface area contributed by atoms with Gasteiger partial charge in [0.25, 0.3) is 5.91 Å². The highest BCUT2D eigenvalue weighted by atomic mass is 35.5. The van der Waals surface area contributed by atoms with Crippen LogP contribution in [0.15, 0.2) is 35.7 Å². The largest absolute Gasteiger partial charge is 0.374 e. The third-order valence-electron chi connectivity index (χ3n) is 3.92. The molecule has 0 aliphatic carbocycles. The van der Waals surface area contributed by atoms with Crippen LogP contribution in [0.25, 0.3) is 0 Å². The minimum atomic E-state index is -0.172. The molecule has 1 fully saturated rings. The Morgan fingerprint density at radius 2 is 2.12 bits per heavy atom. The third kappa shape index (κ3) is 6.50. The molecule has 1 aromatic heterocycles. The fraction of sp³-hybridized carbons (Fsp3) is 0.412. The summed E-state index contributed by atoms with van der Waals surface area (Å²) in [7, 11) is 0. The van der Waals surface area contributed by atoms with Gasteiger partial charge in [-0.15, -0.1) is 36.2 Å². The average molecular weight is 419 g/mol. The molecule has 1 aliphatic heterocycles. The van der Waals surface area contributed by atoms with E-state index >= 15 is 0 Å². The zero-order valence-corrected chi connectivity index (χ0v) is 16.7. The van der Waals surface area contributed by atoms with Crippen molar-refractivity contribution in [3.8, 4) is 0 Å². The zero-order valence-electron chi connectivity index (χ0n) is 14.3. The molecule has 0 saturated carbocycles. The molecule has 1 aliphatic rings. The van der Waals surface area contributed by atoms with Crippen molar-refractivity contribution >= 4 is 42.1 Å². The maximum Gasteiger partial charge on any atom is 0.270 e. The molecule has 0 bridgehead atoms. The smallest absolute Gasteiger partial charge is 0.270 e. The molecule has 144 valence electrons. The maximum atomic E-state index is 12.1. The maximum absolute atomic E-state index is 12.1. The molecule has 0 radical (unpaired) electrons. The van der Waals surface area contributed by atoms with Gasteiger partial charge in [-0.2, -0.15) is 0 Å². The number of nitrogens with two attached hydrogens (primary N) is 1. The predicted octanol–water partition coefficient (Wildman–Crippen LogP) is 2.08. The molecule has 2 aromatic rings. The van der Waals surface area contributed by atoms with Crippen molar-refractivity contribution in [2.24, 2.45) is 5.73 Å². The topological polar surface area (TPSA) is 80.5 Å². The summed E-state index contributed by atoms with van der Waals surface area (Å²) in [4.78, 5) is 18.7. The second-order valence-corrected chi connectivity index (χ2v) is 6.70. The molecule has 1 aromatic carbocycles. The first-order chi connectivity index (χ1) is 11.7. The number of rotatable bonds is 6. The van der Waals surface area contributed by atoms with E-state index in [0.717, 1.165) is 24.6 Å². The number of carbonyl (C=O) groups excluding carboxylic acids is 1. The molecule has 1 saturated heterocycles. The van der Waals surface area contributed by atoms with Crippen LogP contribution in [0.3, 0.4) is 0 Å². The van der Waals surface area contributed by atoms with E-state index in [1.165, 1.54) is 16.9 Å². The van der Waals surface area contributed by atoms with Gasteiger partial charge in [-0.05, 0) is 5.56 Å². The number of aromatic nitrogens is 1. The van der Waals surface area contributed by atoms with Crippen LogP contribution in [0.1, 0.15) is 21.1 Å². The highest BCUT2D eigenvalue weighted by Gasteiger charge is 2.21. The zero-order chi connectivity index (χ0) is 16.8. The minimum Gasteiger partial charge on any atom is -0.374 e. The Hall–Kier alpha value is -1.22. The monoisotopic (exact) mass is 418 g/mol. The van der Waals surface area contributed by atoms with Crippen LogP contribution in [-0.2, 0) is 17.8 Å². The summed E-state index contributed by atoms with van der Waals surface area (Å²) in [6.45, 7) is 4.14. The van der Waals surface area contributed by atoms with Crippen molar-refractivity contribution in [1.29, 1.82) is 0 Å². The van der Waals surface area contributed by atoms with E-state index < -0.39 is 0 Å². The molecule has 2 heterocycles. The minimum absolute atomic E-state index is 0. The number of morpholine rings is 1. The van der Waals surface area contributed by atoms with E-state index in [4.69, 9.17) is 10.5 Å². The number of nitrogens with zero attached hydrogens (tertiary/aromatic N) is 2. The van der Waals surface area contributed by atoms with Gasteiger partial charge in [0.1, 0.15) is 10.7 Å². The molecule has 1 unspecified atom stereocenters. The van der Waals surface area contributed by atoms with Crippen LogP contribution in [0, 0.1) is 0 Å². The Morgan fingerprint density at radius 1 is 1.35 bits per heavy atom. The second kappa shape index (κ2) is 11.5. The first-order valence-corrected chi connectivity index (χ1v) is 8.93. The van der Waals surface area contributed by atoms with Crippen LogP contribution < -0.4 is 11.1 Å². The van der Waals surface area contributed by atoms with E-state index in [-0.39, 0.29) is 36.8 Å². The number of ether oxygens (including phenoxy) is 1. The normalized spacial score (nSPS) is 17.0. The predicted molar refractivity (Wildman–Crippen MR) is 108 cm³/mol. The van der Waals surface area contributed by atoms with Crippen LogP contribution in [0.4, 0.5) is 0 Å². The van der Waals surface area contributed by atoms with Crippen LogP contribution in [0.5, 0.6) is 0 Å². The van der Waals surface area contributed by atoms with Crippen molar-refractivity contribution in [2.45, 2.75) is 19.2 Å². The summed E-state index contributed by atoms with van der Waals surface area (Å²) in [6.07, 6.45) is -0.000901. The van der Waals surface area contributed by atoms with E-state index in [1.807, 2.05) is 6.07 Å². The van der Waals surface area contributed by atoms with Gasteiger partial charge in [-0.25, -0.2) is 4.98 Å². The van der Waals surface area contributed by atoms with Crippen LogP contribution in [0.2, 0.25) is 0 Å². The second-order valence-electron chi connectivity index (χ2n) is 5.75. The van der Waals surface area contributed by atoms with Crippen molar-refractivity contribution in [3.63, 3.8) is 0 Å². The number of halogens is 2. The number of hydrogen-bond donors (Lipinski definition) is 2. The summed E-state index contributed by atoms with van der Waals surface area (Å²) in [5.74, 6) is -0.172. The Balaban J connectivity index is 0.00000169. The first-order valence-electron chi connectivity index (χ1n) is 8.05. The fourth-order valence-corrected chi connectivity index (χ4v) is 3.35. The van der Waals surface area contributed by atoms with Gasteiger partial charge in [0, 0.05) is 38.1 Å². The number of benzene rings is 1. The van der Waals surface area contributed by atoms with Crippen molar-refractivity contribution in [3.05, 3.63) is 52.0 Å². The number of amides is 1.